The van der Waals surface area contributed by atoms with Crippen LogP contribution in [0, 0.1) is 6.92 Å². The molecule has 1 unspecified atom stereocenters. The van der Waals surface area contributed by atoms with E-state index in [0.717, 1.165) is 5.56 Å². The normalized spacial score (nSPS) is 15.8. The van der Waals surface area contributed by atoms with Crippen LogP contribution in [0.5, 0.6) is 0 Å². The molecule has 5 nitrogen and oxygen atoms in total. The molecule has 31 heavy (non-hydrogen) atoms. The van der Waals surface area contributed by atoms with E-state index in [1.807, 2.05) is 6.92 Å². The lowest BCUT2D eigenvalue weighted by Gasteiger charge is -2.25. The number of rotatable bonds is 4. The average molecular weight is 453 g/mol. The molecule has 0 saturated carbocycles. The number of hydrogen-bond acceptors (Lipinski definition) is 5. The number of carbonyl (C=O) groups excluding carboxylic acids is 2. The van der Waals surface area contributed by atoms with E-state index >= 15 is 0 Å². The lowest BCUT2D eigenvalue weighted by atomic mass is 9.95. The van der Waals surface area contributed by atoms with Gasteiger partial charge in [-0.05, 0) is 57.2 Å². The van der Waals surface area contributed by atoms with Gasteiger partial charge in [-0.2, -0.15) is 0 Å². The molecule has 3 aromatic carbocycles. The average Bonchev–Trinajstić information content (AvgIpc) is 2.76. The van der Waals surface area contributed by atoms with E-state index in [9.17, 15) is 22.2 Å². The van der Waals surface area contributed by atoms with Crippen molar-refractivity contribution in [3.05, 3.63) is 89.0 Å². The largest absolute Gasteiger partial charge is 0.292 e. The van der Waals surface area contributed by atoms with Gasteiger partial charge in [0.1, 0.15) is 4.75 Å². The van der Waals surface area contributed by atoms with Crippen molar-refractivity contribution in [2.75, 3.05) is 0 Å². The predicted octanol–water partition coefficient (Wildman–Crippen LogP) is 4.14. The highest BCUT2D eigenvalue weighted by Gasteiger charge is 2.43. The molecule has 0 aliphatic carbocycles. The van der Waals surface area contributed by atoms with Crippen LogP contribution in [-0.2, 0) is 20.6 Å². The first-order chi connectivity index (χ1) is 14.6. The SMILES string of the molecule is Cc1ccc(S(=O)(=O)C(C)(C)C(=O)c2ccc3c(c2)C(=O)c2ccccc2S3=O)cc1. The molecule has 0 N–H and O–H groups in total. The van der Waals surface area contributed by atoms with Crippen LogP contribution < -0.4 is 0 Å². The van der Waals surface area contributed by atoms with E-state index in [1.165, 1.54) is 44.2 Å². The van der Waals surface area contributed by atoms with Gasteiger partial charge in [-0.3, -0.25) is 9.59 Å². The van der Waals surface area contributed by atoms with Crippen molar-refractivity contribution in [1.82, 2.24) is 0 Å². The molecule has 3 aromatic rings. The summed E-state index contributed by atoms with van der Waals surface area (Å²) in [5, 5.41) is 0. The third-order valence-corrected chi connectivity index (χ3v) is 9.50. The molecule has 0 fully saturated rings. The van der Waals surface area contributed by atoms with Crippen molar-refractivity contribution in [3.63, 3.8) is 0 Å². The second-order valence-corrected chi connectivity index (χ2v) is 11.9. The third-order valence-electron chi connectivity index (χ3n) is 5.57. The van der Waals surface area contributed by atoms with Crippen LogP contribution in [0.15, 0.2) is 81.4 Å². The summed E-state index contributed by atoms with van der Waals surface area (Å²) in [6.45, 7) is 4.57. The molecule has 0 saturated heterocycles. The highest BCUT2D eigenvalue weighted by molar-refractivity contribution is 7.93. The summed E-state index contributed by atoms with van der Waals surface area (Å²) in [5.74, 6) is -0.965. The molecule has 1 aliphatic rings. The van der Waals surface area contributed by atoms with Crippen molar-refractivity contribution in [3.8, 4) is 0 Å². The number of hydrogen-bond donors (Lipinski definition) is 0. The van der Waals surface area contributed by atoms with Gasteiger partial charge in [0.05, 0.1) is 25.5 Å². The Kier molecular flexibility index (Phi) is 5.06. The number of sulfone groups is 1. The fraction of sp³-hybridized carbons (Fsp3) is 0.167. The number of fused-ring (bicyclic) bond motifs is 2. The maximum atomic E-state index is 13.3. The summed E-state index contributed by atoms with van der Waals surface area (Å²) < 4.78 is 37.5. The van der Waals surface area contributed by atoms with Gasteiger partial charge in [-0.15, -0.1) is 0 Å². The highest BCUT2D eigenvalue weighted by Crippen LogP contribution is 2.34. The molecule has 4 rings (SSSR count). The van der Waals surface area contributed by atoms with Crippen LogP contribution in [0.25, 0.3) is 0 Å². The summed E-state index contributed by atoms with van der Waals surface area (Å²) in [6, 6.07) is 17.2. The summed E-state index contributed by atoms with van der Waals surface area (Å²) in [7, 11) is -5.54. The molecule has 0 bridgehead atoms. The highest BCUT2D eigenvalue weighted by atomic mass is 32.2. The minimum absolute atomic E-state index is 0.0560. The smallest absolute Gasteiger partial charge is 0.195 e. The Morgan fingerprint density at radius 2 is 1.48 bits per heavy atom. The molecule has 1 heterocycles. The van der Waals surface area contributed by atoms with Gasteiger partial charge in [0.15, 0.2) is 21.4 Å². The Morgan fingerprint density at radius 1 is 0.871 bits per heavy atom. The van der Waals surface area contributed by atoms with E-state index in [4.69, 9.17) is 0 Å². The monoisotopic (exact) mass is 452 g/mol. The fourth-order valence-electron chi connectivity index (χ4n) is 3.57. The molecule has 0 aromatic heterocycles. The van der Waals surface area contributed by atoms with Gasteiger partial charge >= 0.3 is 0 Å². The maximum Gasteiger partial charge on any atom is 0.195 e. The molecule has 0 amide bonds. The minimum atomic E-state index is -3.99. The number of benzene rings is 3. The Balaban J connectivity index is 1.77. The van der Waals surface area contributed by atoms with E-state index < -0.39 is 31.2 Å². The van der Waals surface area contributed by atoms with E-state index in [2.05, 4.69) is 0 Å². The molecular formula is C24H20O5S2. The quantitative estimate of drug-likeness (QED) is 0.435. The second kappa shape index (κ2) is 7.35. The summed E-state index contributed by atoms with van der Waals surface area (Å²) in [4.78, 5) is 27.1. The molecule has 1 atom stereocenters. The number of Topliss-reactive ketones (excluding diaryl/α,β-unsaturated/α-hetero) is 1. The zero-order chi connectivity index (χ0) is 22.6. The van der Waals surface area contributed by atoms with Crippen LogP contribution in [0.2, 0.25) is 0 Å². The molecular weight excluding hydrogens is 432 g/mol. The summed E-state index contributed by atoms with van der Waals surface area (Å²) >= 11 is 0. The van der Waals surface area contributed by atoms with Gasteiger partial charge < -0.3 is 0 Å². The Hall–Kier alpha value is -2.90. The summed E-state index contributed by atoms with van der Waals surface area (Å²) in [5.41, 5.74) is 1.48. The standard InChI is InChI=1S/C24H20O5S2/c1-15-8-11-17(12-9-15)31(28,29)24(2,3)23(26)16-10-13-21-19(14-16)22(25)18-6-4-5-7-20(18)30(21)27/h4-14H,1-3H3. The first kappa shape index (κ1) is 21.3. The molecule has 158 valence electrons. The topological polar surface area (TPSA) is 85.3 Å². The van der Waals surface area contributed by atoms with Crippen molar-refractivity contribution < 1.29 is 22.2 Å². The minimum Gasteiger partial charge on any atom is -0.292 e. The van der Waals surface area contributed by atoms with Gasteiger partial charge in [-0.1, -0.05) is 35.9 Å². The fourth-order valence-corrected chi connectivity index (χ4v) is 6.36. The van der Waals surface area contributed by atoms with Crippen LogP contribution in [-0.4, -0.2) is 28.9 Å². The number of carbonyl (C=O) groups is 2. The Bertz CT molecular complexity index is 1370. The van der Waals surface area contributed by atoms with Crippen molar-refractivity contribution >= 4 is 32.2 Å². The zero-order valence-corrected chi connectivity index (χ0v) is 18.8. The van der Waals surface area contributed by atoms with E-state index in [0.29, 0.717) is 15.4 Å². The zero-order valence-electron chi connectivity index (χ0n) is 17.2. The van der Waals surface area contributed by atoms with Gasteiger partial charge in [-0.25, -0.2) is 12.6 Å². The van der Waals surface area contributed by atoms with Crippen molar-refractivity contribution in [2.45, 2.75) is 40.2 Å². The van der Waals surface area contributed by atoms with Crippen molar-refractivity contribution in [1.29, 1.82) is 0 Å². The molecule has 7 heteroatoms. The van der Waals surface area contributed by atoms with Gasteiger partial charge in [0.25, 0.3) is 0 Å². The Labute approximate surface area is 183 Å². The van der Waals surface area contributed by atoms with Crippen LogP contribution in [0.3, 0.4) is 0 Å². The number of ketones is 2. The first-order valence-corrected chi connectivity index (χ1v) is 12.2. The lowest BCUT2D eigenvalue weighted by molar-refractivity contribution is 0.0953. The molecule has 0 radical (unpaired) electrons. The van der Waals surface area contributed by atoms with Crippen LogP contribution in [0.1, 0.15) is 45.7 Å². The number of aryl methyl sites for hydroxylation is 1. The van der Waals surface area contributed by atoms with E-state index in [-0.39, 0.29) is 21.8 Å². The maximum absolute atomic E-state index is 13.3. The van der Waals surface area contributed by atoms with Crippen LogP contribution >= 0.6 is 0 Å². The Morgan fingerprint density at radius 3 is 2.16 bits per heavy atom. The molecule has 1 aliphatic heterocycles. The lowest BCUT2D eigenvalue weighted by Crippen LogP contribution is -2.40. The van der Waals surface area contributed by atoms with Crippen molar-refractivity contribution in [2.24, 2.45) is 0 Å². The van der Waals surface area contributed by atoms with Gasteiger partial charge in [0, 0.05) is 16.7 Å². The second-order valence-electron chi connectivity index (χ2n) is 7.96. The first-order valence-electron chi connectivity index (χ1n) is 9.61. The van der Waals surface area contributed by atoms with Gasteiger partial charge in [0.2, 0.25) is 0 Å². The predicted molar refractivity (Wildman–Crippen MR) is 118 cm³/mol. The molecule has 0 spiro atoms. The van der Waals surface area contributed by atoms with E-state index in [1.54, 1.807) is 36.4 Å². The van der Waals surface area contributed by atoms with Crippen LogP contribution in [0.4, 0.5) is 0 Å². The summed E-state index contributed by atoms with van der Waals surface area (Å²) in [6.07, 6.45) is 0. The third kappa shape index (κ3) is 3.28.